The third-order valence-corrected chi connectivity index (χ3v) is 4.58. The summed E-state index contributed by atoms with van der Waals surface area (Å²) in [5.41, 5.74) is 2.30. The van der Waals surface area contributed by atoms with Gasteiger partial charge < -0.3 is 4.74 Å². The van der Waals surface area contributed by atoms with Crippen LogP contribution in [-0.4, -0.2) is 17.5 Å². The zero-order valence-corrected chi connectivity index (χ0v) is 14.9. The molecule has 1 aliphatic rings. The van der Waals surface area contributed by atoms with Crippen LogP contribution >= 0.6 is 23.2 Å². The van der Waals surface area contributed by atoms with Crippen LogP contribution in [0.2, 0.25) is 10.0 Å². The van der Waals surface area contributed by atoms with Gasteiger partial charge in [0.25, 0.3) is 5.91 Å². The average molecular weight is 362 g/mol. The molecule has 1 amide bonds. The fourth-order valence-corrected chi connectivity index (χ4v) is 3.35. The van der Waals surface area contributed by atoms with Crippen LogP contribution in [0.3, 0.4) is 0 Å². The van der Waals surface area contributed by atoms with E-state index in [4.69, 9.17) is 27.9 Å². The molecule has 3 rings (SSSR count). The second-order valence-electron chi connectivity index (χ2n) is 5.72. The highest BCUT2D eigenvalue weighted by atomic mass is 35.5. The predicted molar refractivity (Wildman–Crippen MR) is 96.7 cm³/mol. The monoisotopic (exact) mass is 361 g/mol. The second-order valence-corrected chi connectivity index (χ2v) is 6.60. The standard InChI is InChI=1S/C19H17Cl2NO2/c1-12(15-8-16(20)10-17(21)9-15)22-11-24-13(2)18(19(22)23)14-6-4-3-5-7-14/h3-10,12H,11H2,1-2H3. The molecule has 0 spiro atoms. The van der Waals surface area contributed by atoms with E-state index in [-0.39, 0.29) is 18.7 Å². The van der Waals surface area contributed by atoms with Crippen LogP contribution in [0.15, 0.2) is 54.3 Å². The van der Waals surface area contributed by atoms with E-state index in [9.17, 15) is 4.79 Å². The van der Waals surface area contributed by atoms with E-state index < -0.39 is 0 Å². The maximum Gasteiger partial charge on any atom is 0.261 e. The zero-order valence-electron chi connectivity index (χ0n) is 13.4. The number of carbonyl (C=O) groups is 1. The van der Waals surface area contributed by atoms with E-state index in [1.807, 2.05) is 56.3 Å². The fraction of sp³-hybridized carbons (Fsp3) is 0.211. The normalized spacial score (nSPS) is 16.2. The van der Waals surface area contributed by atoms with Crippen molar-refractivity contribution in [1.82, 2.24) is 4.90 Å². The first-order valence-corrected chi connectivity index (χ1v) is 8.39. The molecule has 2 aromatic carbocycles. The highest BCUT2D eigenvalue weighted by molar-refractivity contribution is 6.34. The van der Waals surface area contributed by atoms with Gasteiger partial charge in [0.05, 0.1) is 11.6 Å². The van der Waals surface area contributed by atoms with Crippen LogP contribution in [0.4, 0.5) is 0 Å². The smallest absolute Gasteiger partial charge is 0.261 e. The van der Waals surface area contributed by atoms with Gasteiger partial charge in [0.15, 0.2) is 6.73 Å². The first-order valence-electron chi connectivity index (χ1n) is 7.63. The Labute approximate surface area is 151 Å². The Kier molecular flexibility index (Phi) is 4.83. The number of allylic oxidation sites excluding steroid dienone is 1. The van der Waals surface area contributed by atoms with Crippen molar-refractivity contribution in [3.05, 3.63) is 75.5 Å². The van der Waals surface area contributed by atoms with Crippen molar-refractivity contribution < 1.29 is 9.53 Å². The summed E-state index contributed by atoms with van der Waals surface area (Å²) in [6.07, 6.45) is 0. The maximum atomic E-state index is 13.0. The van der Waals surface area contributed by atoms with Crippen LogP contribution in [0.5, 0.6) is 0 Å². The van der Waals surface area contributed by atoms with E-state index >= 15 is 0 Å². The number of ether oxygens (including phenoxy) is 1. The first-order chi connectivity index (χ1) is 11.5. The number of halogens is 2. The molecule has 1 unspecified atom stereocenters. The summed E-state index contributed by atoms with van der Waals surface area (Å²) in [7, 11) is 0. The van der Waals surface area contributed by atoms with Crippen LogP contribution in [-0.2, 0) is 9.53 Å². The van der Waals surface area contributed by atoms with Gasteiger partial charge in [-0.3, -0.25) is 9.69 Å². The van der Waals surface area contributed by atoms with E-state index in [1.54, 1.807) is 11.0 Å². The van der Waals surface area contributed by atoms with E-state index in [1.165, 1.54) is 0 Å². The topological polar surface area (TPSA) is 29.5 Å². The molecule has 0 aliphatic carbocycles. The molecule has 1 atom stereocenters. The molecule has 0 radical (unpaired) electrons. The summed E-state index contributed by atoms with van der Waals surface area (Å²) in [5.74, 6) is 0.576. The Balaban J connectivity index is 1.94. The highest BCUT2D eigenvalue weighted by Crippen LogP contribution is 2.33. The molecule has 1 aliphatic heterocycles. The molecule has 3 nitrogen and oxygen atoms in total. The molecule has 0 bridgehead atoms. The molecule has 0 aromatic heterocycles. The van der Waals surface area contributed by atoms with Crippen molar-refractivity contribution >= 4 is 34.7 Å². The van der Waals surface area contributed by atoms with Crippen molar-refractivity contribution in [3.63, 3.8) is 0 Å². The van der Waals surface area contributed by atoms with E-state index in [0.29, 0.717) is 21.4 Å². The molecule has 124 valence electrons. The van der Waals surface area contributed by atoms with Gasteiger partial charge in [-0.15, -0.1) is 0 Å². The lowest BCUT2D eigenvalue weighted by atomic mass is 10.00. The number of carbonyl (C=O) groups excluding carboxylic acids is 1. The van der Waals surface area contributed by atoms with E-state index in [0.717, 1.165) is 11.1 Å². The molecule has 5 heteroatoms. The number of benzene rings is 2. The molecule has 24 heavy (non-hydrogen) atoms. The SMILES string of the molecule is CC1=C(c2ccccc2)C(=O)N(C(C)c2cc(Cl)cc(Cl)c2)CO1. The molecule has 1 heterocycles. The van der Waals surface area contributed by atoms with Gasteiger partial charge in [-0.2, -0.15) is 0 Å². The van der Waals surface area contributed by atoms with Gasteiger partial charge in [0, 0.05) is 10.0 Å². The summed E-state index contributed by atoms with van der Waals surface area (Å²) >= 11 is 12.2. The maximum absolute atomic E-state index is 13.0. The highest BCUT2D eigenvalue weighted by Gasteiger charge is 2.31. The van der Waals surface area contributed by atoms with Gasteiger partial charge in [0.1, 0.15) is 5.76 Å². The Bertz CT molecular complexity index is 782. The summed E-state index contributed by atoms with van der Waals surface area (Å²) in [6, 6.07) is 14.6. The summed E-state index contributed by atoms with van der Waals surface area (Å²) in [5, 5.41) is 1.09. The lowest BCUT2D eigenvalue weighted by Crippen LogP contribution is -2.39. The summed E-state index contributed by atoms with van der Waals surface area (Å²) in [6.45, 7) is 3.96. The lowest BCUT2D eigenvalue weighted by Gasteiger charge is -2.34. The number of amides is 1. The number of hydrogen-bond donors (Lipinski definition) is 0. The molecule has 2 aromatic rings. The number of hydrogen-bond acceptors (Lipinski definition) is 2. The van der Waals surface area contributed by atoms with Gasteiger partial charge in [-0.05, 0) is 43.2 Å². The van der Waals surface area contributed by atoms with Gasteiger partial charge in [0.2, 0.25) is 0 Å². The molecule has 0 fully saturated rings. The third-order valence-electron chi connectivity index (χ3n) is 4.14. The van der Waals surface area contributed by atoms with Crippen molar-refractivity contribution in [1.29, 1.82) is 0 Å². The van der Waals surface area contributed by atoms with E-state index in [2.05, 4.69) is 0 Å². The quantitative estimate of drug-likeness (QED) is 0.741. The number of rotatable bonds is 3. The first kappa shape index (κ1) is 16.9. The fourth-order valence-electron chi connectivity index (χ4n) is 2.81. The van der Waals surface area contributed by atoms with Crippen LogP contribution in [0, 0.1) is 0 Å². The van der Waals surface area contributed by atoms with Gasteiger partial charge >= 0.3 is 0 Å². The average Bonchev–Trinajstić information content (AvgIpc) is 2.54. The number of nitrogens with zero attached hydrogens (tertiary/aromatic N) is 1. The van der Waals surface area contributed by atoms with Crippen molar-refractivity contribution in [3.8, 4) is 0 Å². The third kappa shape index (κ3) is 3.28. The minimum atomic E-state index is -0.208. The van der Waals surface area contributed by atoms with Crippen molar-refractivity contribution in [2.45, 2.75) is 19.9 Å². The van der Waals surface area contributed by atoms with Crippen LogP contribution < -0.4 is 0 Å². The van der Waals surface area contributed by atoms with Crippen LogP contribution in [0.25, 0.3) is 5.57 Å². The Hall–Kier alpha value is -1.97. The largest absolute Gasteiger partial charge is 0.477 e. The Morgan fingerprint density at radius 1 is 1.08 bits per heavy atom. The summed E-state index contributed by atoms with van der Waals surface area (Å²) < 4.78 is 5.75. The predicted octanol–water partition coefficient (Wildman–Crippen LogP) is 5.30. The molecule has 0 N–H and O–H groups in total. The molecule has 0 saturated heterocycles. The Morgan fingerprint density at radius 2 is 1.71 bits per heavy atom. The van der Waals surface area contributed by atoms with Crippen LogP contribution in [0.1, 0.15) is 31.0 Å². The lowest BCUT2D eigenvalue weighted by molar-refractivity contribution is -0.134. The minimum Gasteiger partial charge on any atom is -0.477 e. The molecule has 0 saturated carbocycles. The van der Waals surface area contributed by atoms with Crippen molar-refractivity contribution in [2.24, 2.45) is 0 Å². The Morgan fingerprint density at radius 3 is 2.33 bits per heavy atom. The molecular formula is C19H17Cl2NO2. The molecular weight excluding hydrogens is 345 g/mol. The summed E-state index contributed by atoms with van der Waals surface area (Å²) in [4.78, 5) is 14.7. The minimum absolute atomic E-state index is 0.0615. The van der Waals surface area contributed by atoms with Crippen molar-refractivity contribution in [2.75, 3.05) is 6.73 Å². The zero-order chi connectivity index (χ0) is 17.3. The van der Waals surface area contributed by atoms with Gasteiger partial charge in [-0.1, -0.05) is 53.5 Å². The second kappa shape index (κ2) is 6.88. The van der Waals surface area contributed by atoms with Gasteiger partial charge in [-0.25, -0.2) is 0 Å².